The van der Waals surface area contributed by atoms with E-state index in [0.29, 0.717) is 29.2 Å². The molecule has 25 heavy (non-hydrogen) atoms. The van der Waals surface area contributed by atoms with Crippen LogP contribution in [0.4, 0.5) is 0 Å². The van der Waals surface area contributed by atoms with Crippen LogP contribution in [0.25, 0.3) is 0 Å². The van der Waals surface area contributed by atoms with Crippen molar-refractivity contribution < 1.29 is 19.1 Å². The summed E-state index contributed by atoms with van der Waals surface area (Å²) in [7, 11) is 0. The number of ether oxygens (including phenoxy) is 2. The number of hydrogen-bond donors (Lipinski definition) is 0. The highest BCUT2D eigenvalue weighted by Gasteiger charge is 2.44. The highest BCUT2D eigenvalue weighted by molar-refractivity contribution is 5.87. The molecule has 4 aliphatic rings. The third kappa shape index (κ3) is 4.09. The van der Waals surface area contributed by atoms with Crippen LogP contribution < -0.4 is 0 Å². The van der Waals surface area contributed by atoms with Crippen molar-refractivity contribution in [2.45, 2.75) is 77.9 Å². The summed E-state index contributed by atoms with van der Waals surface area (Å²) < 4.78 is 11.3. The van der Waals surface area contributed by atoms with Crippen LogP contribution in [0.5, 0.6) is 0 Å². The quantitative estimate of drug-likeness (QED) is 0.531. The molecule has 0 aromatic carbocycles. The van der Waals surface area contributed by atoms with E-state index >= 15 is 0 Å². The van der Waals surface area contributed by atoms with E-state index in [1.807, 2.05) is 0 Å². The van der Waals surface area contributed by atoms with Gasteiger partial charge in [0.25, 0.3) is 0 Å². The normalized spacial score (nSPS) is 37.2. The summed E-state index contributed by atoms with van der Waals surface area (Å²) in [6, 6.07) is 0. The topological polar surface area (TPSA) is 52.6 Å². The Bertz CT molecular complexity index is 538. The van der Waals surface area contributed by atoms with Crippen LogP contribution >= 0.6 is 0 Å². The van der Waals surface area contributed by atoms with Crippen molar-refractivity contribution in [3.8, 4) is 0 Å². The Morgan fingerprint density at radius 1 is 1.24 bits per heavy atom. The fourth-order valence-corrected chi connectivity index (χ4v) is 5.10. The molecule has 2 bridgehead atoms. The molecule has 0 aromatic rings. The van der Waals surface area contributed by atoms with Crippen LogP contribution in [-0.4, -0.2) is 24.1 Å². The maximum absolute atomic E-state index is 12.0. The lowest BCUT2D eigenvalue weighted by Crippen LogP contribution is -2.44. The first kappa shape index (κ1) is 18.5. The molecule has 6 atom stereocenters. The van der Waals surface area contributed by atoms with Gasteiger partial charge in [0, 0.05) is 5.57 Å². The van der Waals surface area contributed by atoms with Crippen molar-refractivity contribution in [2.24, 2.45) is 29.6 Å². The van der Waals surface area contributed by atoms with Crippen molar-refractivity contribution in [3.63, 3.8) is 0 Å². The van der Waals surface area contributed by atoms with E-state index in [0.717, 1.165) is 32.1 Å². The van der Waals surface area contributed by atoms with Crippen LogP contribution in [0.3, 0.4) is 0 Å². The zero-order valence-electron chi connectivity index (χ0n) is 15.8. The van der Waals surface area contributed by atoms with E-state index in [2.05, 4.69) is 20.4 Å². The van der Waals surface area contributed by atoms with Gasteiger partial charge >= 0.3 is 11.9 Å². The van der Waals surface area contributed by atoms with Gasteiger partial charge in [0.2, 0.25) is 0 Å². The van der Waals surface area contributed by atoms with Crippen molar-refractivity contribution in [1.29, 1.82) is 0 Å². The SMILES string of the molecule is C=C(C)C(=O)OC1CC2CCC1C(CCC1CC(C(C)C)C(=O)O1)C2. The van der Waals surface area contributed by atoms with Gasteiger partial charge < -0.3 is 9.47 Å². The molecule has 6 unspecified atom stereocenters. The van der Waals surface area contributed by atoms with Gasteiger partial charge in [-0.15, -0.1) is 0 Å². The number of cyclic esters (lactones) is 1. The number of fused-ring (bicyclic) bond motifs is 3. The Balaban J connectivity index is 1.54. The van der Waals surface area contributed by atoms with Gasteiger partial charge in [0.05, 0.1) is 5.92 Å². The van der Waals surface area contributed by atoms with Crippen molar-refractivity contribution in [3.05, 3.63) is 12.2 Å². The molecule has 0 spiro atoms. The predicted octanol–water partition coefficient (Wildman–Crippen LogP) is 4.28. The number of carbonyl (C=O) groups excluding carboxylic acids is 2. The van der Waals surface area contributed by atoms with E-state index in [-0.39, 0.29) is 30.1 Å². The zero-order chi connectivity index (χ0) is 18.1. The lowest BCUT2D eigenvalue weighted by atomic mass is 9.62. The lowest BCUT2D eigenvalue weighted by Gasteiger charge is -2.47. The molecule has 1 aliphatic heterocycles. The molecule has 3 aliphatic carbocycles. The highest BCUT2D eigenvalue weighted by Crippen LogP contribution is 2.48. The molecule has 1 saturated heterocycles. The largest absolute Gasteiger partial charge is 0.462 e. The van der Waals surface area contributed by atoms with Crippen LogP contribution in [0.2, 0.25) is 0 Å². The van der Waals surface area contributed by atoms with E-state index in [9.17, 15) is 9.59 Å². The Kier molecular flexibility index (Phi) is 5.55. The summed E-state index contributed by atoms with van der Waals surface area (Å²) in [6.45, 7) is 9.59. The summed E-state index contributed by atoms with van der Waals surface area (Å²) in [6.07, 6.45) is 7.68. The zero-order valence-corrected chi connectivity index (χ0v) is 15.8. The molecule has 0 radical (unpaired) electrons. The first-order chi connectivity index (χ1) is 11.8. The van der Waals surface area contributed by atoms with E-state index in [1.165, 1.54) is 12.8 Å². The number of esters is 2. The van der Waals surface area contributed by atoms with E-state index < -0.39 is 0 Å². The molecule has 3 saturated carbocycles. The molecule has 1 heterocycles. The fourth-order valence-electron chi connectivity index (χ4n) is 5.10. The molecule has 4 nitrogen and oxygen atoms in total. The Hall–Kier alpha value is -1.32. The average Bonchev–Trinajstić information content (AvgIpc) is 2.94. The predicted molar refractivity (Wildman–Crippen MR) is 95.7 cm³/mol. The summed E-state index contributed by atoms with van der Waals surface area (Å²) in [4.78, 5) is 23.9. The standard InChI is InChI=1S/C21H32O4/c1-12(2)18-11-16(24-21(18)23)7-6-15-9-14-5-8-17(15)19(10-14)25-20(22)13(3)4/h12,14-19H,3,5-11H2,1-2,4H3. The summed E-state index contributed by atoms with van der Waals surface area (Å²) >= 11 is 0. The smallest absolute Gasteiger partial charge is 0.333 e. The second-order valence-electron chi connectivity index (χ2n) is 8.79. The fraction of sp³-hybridized carbons (Fsp3) is 0.810. The molecule has 0 amide bonds. The Morgan fingerprint density at radius 2 is 2.00 bits per heavy atom. The van der Waals surface area contributed by atoms with Gasteiger partial charge in [0.1, 0.15) is 12.2 Å². The third-order valence-electron chi connectivity index (χ3n) is 6.57. The van der Waals surface area contributed by atoms with Crippen molar-refractivity contribution in [2.75, 3.05) is 0 Å². The van der Waals surface area contributed by atoms with Crippen molar-refractivity contribution in [1.82, 2.24) is 0 Å². The van der Waals surface area contributed by atoms with Crippen LogP contribution in [0.1, 0.15) is 65.7 Å². The monoisotopic (exact) mass is 348 g/mol. The maximum atomic E-state index is 12.0. The van der Waals surface area contributed by atoms with Crippen molar-refractivity contribution >= 4 is 11.9 Å². The Labute approximate surface area is 151 Å². The second-order valence-corrected chi connectivity index (χ2v) is 8.79. The van der Waals surface area contributed by atoms with Crippen LogP contribution in [0.15, 0.2) is 12.2 Å². The minimum Gasteiger partial charge on any atom is -0.462 e. The Morgan fingerprint density at radius 3 is 2.60 bits per heavy atom. The van der Waals surface area contributed by atoms with Crippen LogP contribution in [-0.2, 0) is 19.1 Å². The molecule has 4 fully saturated rings. The number of rotatable bonds is 6. The van der Waals surface area contributed by atoms with Gasteiger partial charge in [-0.05, 0) is 75.5 Å². The van der Waals surface area contributed by atoms with Gasteiger partial charge in [0.15, 0.2) is 0 Å². The molecular weight excluding hydrogens is 316 g/mol. The van der Waals surface area contributed by atoms with Crippen LogP contribution in [0, 0.1) is 29.6 Å². The molecule has 140 valence electrons. The summed E-state index contributed by atoms with van der Waals surface area (Å²) in [5.41, 5.74) is 0.482. The molecular formula is C21H32O4. The van der Waals surface area contributed by atoms with Gasteiger partial charge in [-0.3, -0.25) is 4.79 Å². The van der Waals surface area contributed by atoms with Gasteiger partial charge in [-0.2, -0.15) is 0 Å². The lowest BCUT2D eigenvalue weighted by molar-refractivity contribution is -0.156. The third-order valence-corrected chi connectivity index (χ3v) is 6.57. The summed E-state index contributed by atoms with van der Waals surface area (Å²) in [5.74, 6) is 1.89. The van der Waals surface area contributed by atoms with Gasteiger partial charge in [-0.25, -0.2) is 4.79 Å². The average molecular weight is 348 g/mol. The minimum absolute atomic E-state index is 0.0153. The molecule has 4 heteroatoms. The van der Waals surface area contributed by atoms with E-state index in [4.69, 9.17) is 9.47 Å². The van der Waals surface area contributed by atoms with E-state index in [1.54, 1.807) is 6.92 Å². The highest BCUT2D eigenvalue weighted by atomic mass is 16.6. The first-order valence-electron chi connectivity index (χ1n) is 9.92. The molecule has 0 aromatic heterocycles. The maximum Gasteiger partial charge on any atom is 0.333 e. The summed E-state index contributed by atoms with van der Waals surface area (Å²) in [5, 5.41) is 0. The van der Waals surface area contributed by atoms with Gasteiger partial charge in [-0.1, -0.05) is 20.4 Å². The number of hydrogen-bond acceptors (Lipinski definition) is 4. The second kappa shape index (κ2) is 7.51. The first-order valence-corrected chi connectivity index (χ1v) is 9.92. The number of carbonyl (C=O) groups is 2. The minimum atomic E-state index is -0.249. The molecule has 4 rings (SSSR count). The molecule has 0 N–H and O–H groups in total.